The Kier molecular flexibility index (Phi) is 69.5. The van der Waals surface area contributed by atoms with Crippen molar-refractivity contribution in [1.29, 1.82) is 0 Å². The number of ether oxygens (including phenoxy) is 2. The highest BCUT2D eigenvalue weighted by Gasteiger charge is 2.26. The quantitative estimate of drug-likeness (QED) is 0.0264. The van der Waals surface area contributed by atoms with E-state index in [0.717, 1.165) is 96.3 Å². The fourth-order valence-electron chi connectivity index (χ4n) is 10.6. The zero-order valence-electron chi connectivity index (χ0n) is 56.7. The van der Waals surface area contributed by atoms with E-state index in [0.29, 0.717) is 6.42 Å². The molecule has 0 aliphatic heterocycles. The fourth-order valence-corrected chi connectivity index (χ4v) is 11.4. The molecule has 0 amide bonds. The first-order chi connectivity index (χ1) is 42.8. The molecule has 0 aromatic rings. The highest BCUT2D eigenvalue weighted by atomic mass is 31.2. The Hall–Kier alpha value is -3.07. The van der Waals surface area contributed by atoms with Crippen LogP contribution in [0, 0.1) is 0 Å². The van der Waals surface area contributed by atoms with Gasteiger partial charge >= 0.3 is 19.8 Å². The molecule has 2 unspecified atom stereocenters. The second-order valence-electron chi connectivity index (χ2n) is 24.4. The average molecular weight is 1240 g/mol. The number of nitrogens with two attached hydrogens (primary N) is 1. The number of unbranched alkanes of at least 4 members (excludes halogenated alkanes) is 40. The minimum Gasteiger partial charge on any atom is -0.462 e. The molecule has 0 spiro atoms. The van der Waals surface area contributed by atoms with Crippen LogP contribution in [0.5, 0.6) is 0 Å². The van der Waals surface area contributed by atoms with Gasteiger partial charge in [0.2, 0.25) is 0 Å². The number of carbonyl (C=O) groups is 2. The Labute approximate surface area is 537 Å². The topological polar surface area (TPSA) is 134 Å². The number of esters is 2. The number of hydrogen-bond donors (Lipinski definition) is 2. The van der Waals surface area contributed by atoms with Crippen LogP contribution < -0.4 is 5.73 Å². The van der Waals surface area contributed by atoms with Crippen molar-refractivity contribution in [3.05, 3.63) is 97.2 Å². The van der Waals surface area contributed by atoms with E-state index in [2.05, 4.69) is 111 Å². The van der Waals surface area contributed by atoms with Crippen LogP contribution >= 0.6 is 7.82 Å². The molecule has 0 aromatic carbocycles. The molecule has 0 saturated heterocycles. The van der Waals surface area contributed by atoms with Crippen molar-refractivity contribution in [1.82, 2.24) is 0 Å². The molecular formula is C77H138NO8P. The van der Waals surface area contributed by atoms with Gasteiger partial charge in [0.05, 0.1) is 13.2 Å². The Morgan fingerprint density at radius 1 is 0.356 bits per heavy atom. The first-order valence-corrected chi connectivity index (χ1v) is 38.2. The molecule has 0 rings (SSSR count). The summed E-state index contributed by atoms with van der Waals surface area (Å²) in [5, 5.41) is 0. The molecule has 2 atom stereocenters. The van der Waals surface area contributed by atoms with Crippen molar-refractivity contribution in [3.8, 4) is 0 Å². The van der Waals surface area contributed by atoms with Gasteiger partial charge in [-0.2, -0.15) is 0 Å². The average Bonchev–Trinajstić information content (AvgIpc) is 3.63. The smallest absolute Gasteiger partial charge is 0.462 e. The van der Waals surface area contributed by atoms with Gasteiger partial charge in [-0.1, -0.05) is 355 Å². The van der Waals surface area contributed by atoms with E-state index in [4.69, 9.17) is 24.3 Å². The molecule has 0 heterocycles. The number of phosphoric ester groups is 1. The number of hydrogen-bond acceptors (Lipinski definition) is 8. The van der Waals surface area contributed by atoms with Gasteiger partial charge in [-0.15, -0.1) is 0 Å². The van der Waals surface area contributed by atoms with Gasteiger partial charge < -0.3 is 20.1 Å². The molecule has 504 valence electrons. The van der Waals surface area contributed by atoms with Crippen molar-refractivity contribution in [3.63, 3.8) is 0 Å². The lowest BCUT2D eigenvalue weighted by atomic mass is 10.0. The molecule has 0 aliphatic carbocycles. The maximum atomic E-state index is 12.8. The van der Waals surface area contributed by atoms with E-state index < -0.39 is 26.5 Å². The second-order valence-corrected chi connectivity index (χ2v) is 25.9. The van der Waals surface area contributed by atoms with Crippen LogP contribution in [0.1, 0.15) is 348 Å². The largest absolute Gasteiger partial charge is 0.472 e. The molecule has 3 N–H and O–H groups in total. The van der Waals surface area contributed by atoms with Crippen LogP contribution in [0.2, 0.25) is 0 Å². The zero-order valence-corrected chi connectivity index (χ0v) is 57.6. The second kappa shape index (κ2) is 72.0. The van der Waals surface area contributed by atoms with Crippen molar-refractivity contribution >= 4 is 19.8 Å². The van der Waals surface area contributed by atoms with Gasteiger partial charge in [0.25, 0.3) is 0 Å². The first kappa shape index (κ1) is 83.9. The number of phosphoric acid groups is 1. The summed E-state index contributed by atoms with van der Waals surface area (Å²) in [7, 11) is -4.41. The molecular weight excluding hydrogens is 1100 g/mol. The van der Waals surface area contributed by atoms with E-state index in [-0.39, 0.29) is 38.6 Å². The van der Waals surface area contributed by atoms with Crippen molar-refractivity contribution < 1.29 is 37.6 Å². The number of rotatable bonds is 69. The van der Waals surface area contributed by atoms with Crippen LogP contribution in [0.4, 0.5) is 0 Å². The third kappa shape index (κ3) is 71.9. The van der Waals surface area contributed by atoms with Crippen LogP contribution in [0.15, 0.2) is 97.2 Å². The van der Waals surface area contributed by atoms with Crippen LogP contribution in [-0.4, -0.2) is 49.3 Å². The summed E-state index contributed by atoms with van der Waals surface area (Å²) >= 11 is 0. The van der Waals surface area contributed by atoms with E-state index in [1.807, 2.05) is 0 Å². The van der Waals surface area contributed by atoms with Crippen LogP contribution in [0.25, 0.3) is 0 Å². The summed E-state index contributed by atoms with van der Waals surface area (Å²) in [6.07, 6.45) is 98.2. The standard InChI is InChI=1S/C77H138NO8P/c1-3-5-7-9-11-13-15-17-19-21-23-25-27-29-31-33-34-35-36-37-38-39-40-42-43-45-47-49-51-53-55-57-59-61-63-65-67-69-76(79)83-73-75(74-85-87(81,82)84-72-71-78)86-77(80)70-68-66-64-62-60-58-56-54-52-50-48-46-44-41-32-30-28-26-24-22-20-18-16-14-12-10-8-6-4-2/h6,8,12,14,18,20,24,26,30,32,44,46,50,52,56,58,75H,3-5,7,9-11,13,15-17,19,21-23,25,27-29,31,33-43,45,47-49,51,53-55,57,59-74,78H2,1-2H3,(H,81,82)/b8-6-,14-12-,20-18-,26-24-,32-30-,46-44-,52-50-,58-56-. The summed E-state index contributed by atoms with van der Waals surface area (Å²) in [6, 6.07) is 0. The molecule has 0 bridgehead atoms. The van der Waals surface area contributed by atoms with Crippen molar-refractivity contribution in [2.24, 2.45) is 5.73 Å². The van der Waals surface area contributed by atoms with E-state index >= 15 is 0 Å². The van der Waals surface area contributed by atoms with E-state index in [1.165, 1.54) is 218 Å². The highest BCUT2D eigenvalue weighted by molar-refractivity contribution is 7.47. The first-order valence-electron chi connectivity index (χ1n) is 36.7. The summed E-state index contributed by atoms with van der Waals surface area (Å²) < 4.78 is 33.2. The molecule has 0 aromatic heterocycles. The van der Waals surface area contributed by atoms with E-state index in [9.17, 15) is 19.0 Å². The summed E-state index contributed by atoms with van der Waals surface area (Å²) in [6.45, 7) is 3.64. The van der Waals surface area contributed by atoms with E-state index in [1.54, 1.807) is 0 Å². The summed E-state index contributed by atoms with van der Waals surface area (Å²) in [5.41, 5.74) is 5.40. The Morgan fingerprint density at radius 2 is 0.632 bits per heavy atom. The molecule has 87 heavy (non-hydrogen) atoms. The fraction of sp³-hybridized carbons (Fsp3) is 0.766. The maximum Gasteiger partial charge on any atom is 0.472 e. The SMILES string of the molecule is CC/C=C\C/C=C\C/C=C\C/C=C\C/C=C\C/C=C\C/C=C\C/C=C\CCCCCCC(=O)OC(COC(=O)CCCCCCCCCCCCCCCCCCCCCCCCCCCCCCCCCCCCCCC)COP(=O)(O)OCCN. The zero-order chi connectivity index (χ0) is 63.0. The van der Waals surface area contributed by atoms with Crippen LogP contribution in [-0.2, 0) is 32.7 Å². The number of carbonyl (C=O) groups excluding carboxylic acids is 2. The van der Waals surface area contributed by atoms with Gasteiger partial charge in [-0.05, 0) is 77.0 Å². The third-order valence-electron chi connectivity index (χ3n) is 16.0. The molecule has 9 nitrogen and oxygen atoms in total. The Morgan fingerprint density at radius 3 is 0.943 bits per heavy atom. The number of allylic oxidation sites excluding steroid dienone is 16. The predicted molar refractivity (Wildman–Crippen MR) is 376 cm³/mol. The van der Waals surface area contributed by atoms with Gasteiger partial charge in [0, 0.05) is 19.4 Å². The molecule has 0 saturated carbocycles. The van der Waals surface area contributed by atoms with Crippen molar-refractivity contribution in [2.45, 2.75) is 354 Å². The van der Waals surface area contributed by atoms with Crippen molar-refractivity contribution in [2.75, 3.05) is 26.4 Å². The molecule has 10 heteroatoms. The summed E-state index contributed by atoms with van der Waals surface area (Å²) in [4.78, 5) is 35.4. The minimum atomic E-state index is -4.41. The minimum absolute atomic E-state index is 0.0453. The monoisotopic (exact) mass is 1240 g/mol. The normalized spacial score (nSPS) is 13.5. The van der Waals surface area contributed by atoms with Crippen LogP contribution in [0.3, 0.4) is 0 Å². The predicted octanol–water partition coefficient (Wildman–Crippen LogP) is 24.3. The lowest BCUT2D eigenvalue weighted by Crippen LogP contribution is -2.29. The lowest BCUT2D eigenvalue weighted by Gasteiger charge is -2.19. The Balaban J connectivity index is 3.87. The van der Waals surface area contributed by atoms with Gasteiger partial charge in [0.15, 0.2) is 6.10 Å². The van der Waals surface area contributed by atoms with Gasteiger partial charge in [-0.25, -0.2) is 4.57 Å². The Bertz CT molecular complexity index is 1750. The maximum absolute atomic E-state index is 12.8. The molecule has 0 fully saturated rings. The van der Waals surface area contributed by atoms with Gasteiger partial charge in [0.1, 0.15) is 6.61 Å². The third-order valence-corrected chi connectivity index (χ3v) is 17.0. The highest BCUT2D eigenvalue weighted by Crippen LogP contribution is 2.43. The summed E-state index contributed by atoms with van der Waals surface area (Å²) in [5.74, 6) is -0.849. The molecule has 0 aliphatic rings. The lowest BCUT2D eigenvalue weighted by molar-refractivity contribution is -0.161. The molecule has 0 radical (unpaired) electrons. The van der Waals surface area contributed by atoms with Gasteiger partial charge in [-0.3, -0.25) is 18.6 Å².